The number of nitrogens with zero attached hydrogens (tertiary/aromatic N) is 1. The van der Waals surface area contributed by atoms with E-state index in [1.807, 2.05) is 6.08 Å². The Morgan fingerprint density at radius 2 is 1.81 bits per heavy atom. The molecule has 0 aromatic heterocycles. The fourth-order valence-corrected chi connectivity index (χ4v) is 5.87. The highest BCUT2D eigenvalue weighted by molar-refractivity contribution is 6.90. The summed E-state index contributed by atoms with van der Waals surface area (Å²) in [6.45, 7) is 18.4. The molecule has 0 aliphatic heterocycles. The molecule has 31 heavy (non-hydrogen) atoms. The van der Waals surface area contributed by atoms with Gasteiger partial charge in [0.25, 0.3) is 0 Å². The number of likely N-dealkylation sites (N-methyl/N-ethyl adjacent to an activating group) is 1. The van der Waals surface area contributed by atoms with Crippen LogP contribution >= 0.6 is 0 Å². The van der Waals surface area contributed by atoms with Gasteiger partial charge in [-0.15, -0.1) is 0 Å². The first-order chi connectivity index (χ1) is 14.6. The standard InChI is InChI=1S/C28H39NOSi/c1-8-29(20-13-9-12-19-28(3,4)5)22-25-16-14-17-26(21-25)30-23-31(6,7)27-18-11-10-15-24(27)2/h9-11,13-18,21H,8,20,22-23H2,1-7H3/b13-9+. The summed E-state index contributed by atoms with van der Waals surface area (Å²) in [5.41, 5.74) is 2.70. The summed E-state index contributed by atoms with van der Waals surface area (Å²) >= 11 is 0. The molecule has 0 radical (unpaired) electrons. The second-order valence-corrected chi connectivity index (χ2v) is 14.5. The third-order valence-corrected chi connectivity index (χ3v) is 8.12. The van der Waals surface area contributed by atoms with Crippen LogP contribution in [-0.2, 0) is 6.54 Å². The van der Waals surface area contributed by atoms with Crippen LogP contribution in [0.15, 0.2) is 60.7 Å². The topological polar surface area (TPSA) is 12.5 Å². The van der Waals surface area contributed by atoms with Crippen LogP contribution in [0.4, 0.5) is 0 Å². The maximum atomic E-state index is 6.29. The van der Waals surface area contributed by atoms with Crippen LogP contribution in [-0.4, -0.2) is 32.3 Å². The normalized spacial score (nSPS) is 12.1. The van der Waals surface area contributed by atoms with Gasteiger partial charge in [0.15, 0.2) is 0 Å². The Kier molecular flexibility index (Phi) is 9.16. The van der Waals surface area contributed by atoms with E-state index in [1.165, 1.54) is 16.3 Å². The summed E-state index contributed by atoms with van der Waals surface area (Å²) in [5, 5.41) is 1.48. The lowest BCUT2D eigenvalue weighted by molar-refractivity contribution is 0.310. The molecule has 166 valence electrons. The molecule has 0 unspecified atom stereocenters. The molecule has 0 amide bonds. The first-order valence-electron chi connectivity index (χ1n) is 11.3. The Labute approximate surface area is 191 Å². The lowest BCUT2D eigenvalue weighted by Gasteiger charge is -2.25. The van der Waals surface area contributed by atoms with E-state index in [0.717, 1.165) is 31.6 Å². The third kappa shape index (κ3) is 8.77. The molecule has 0 bridgehead atoms. The highest BCUT2D eigenvalue weighted by Crippen LogP contribution is 2.17. The largest absolute Gasteiger partial charge is 0.497 e. The molecular formula is C28H39NOSi. The molecule has 0 heterocycles. The molecule has 2 rings (SSSR count). The minimum Gasteiger partial charge on any atom is -0.497 e. The Hall–Kier alpha value is -2.28. The second kappa shape index (κ2) is 11.4. The van der Waals surface area contributed by atoms with Gasteiger partial charge in [0.2, 0.25) is 0 Å². The van der Waals surface area contributed by atoms with Crippen molar-refractivity contribution in [2.75, 3.05) is 19.3 Å². The highest BCUT2D eigenvalue weighted by atomic mass is 28.3. The van der Waals surface area contributed by atoms with Crippen LogP contribution in [0.1, 0.15) is 38.8 Å². The summed E-state index contributed by atoms with van der Waals surface area (Å²) in [7, 11) is -1.66. The van der Waals surface area contributed by atoms with Crippen molar-refractivity contribution in [3.8, 4) is 17.6 Å². The van der Waals surface area contributed by atoms with E-state index in [1.54, 1.807) is 0 Å². The molecule has 0 aliphatic rings. The number of ether oxygens (including phenoxy) is 1. The minimum absolute atomic E-state index is 0.0475. The average Bonchev–Trinajstić information content (AvgIpc) is 2.71. The lowest BCUT2D eigenvalue weighted by Crippen LogP contribution is -2.48. The number of aryl methyl sites for hydroxylation is 1. The van der Waals surface area contributed by atoms with Crippen LogP contribution in [0.25, 0.3) is 0 Å². The van der Waals surface area contributed by atoms with E-state index < -0.39 is 8.07 Å². The van der Waals surface area contributed by atoms with Crippen molar-refractivity contribution < 1.29 is 4.74 Å². The van der Waals surface area contributed by atoms with Gasteiger partial charge in [0, 0.05) is 18.5 Å². The van der Waals surface area contributed by atoms with Gasteiger partial charge in [-0.05, 0) is 58.0 Å². The molecule has 0 N–H and O–H groups in total. The molecule has 0 saturated carbocycles. The molecule has 0 atom stereocenters. The zero-order chi connectivity index (χ0) is 22.9. The van der Waals surface area contributed by atoms with Crippen LogP contribution in [0.2, 0.25) is 13.1 Å². The van der Waals surface area contributed by atoms with E-state index in [-0.39, 0.29) is 5.41 Å². The average molecular weight is 434 g/mol. The van der Waals surface area contributed by atoms with E-state index in [2.05, 4.69) is 119 Å². The van der Waals surface area contributed by atoms with Crippen LogP contribution in [0.5, 0.6) is 5.75 Å². The summed E-state index contributed by atoms with van der Waals surface area (Å²) < 4.78 is 6.29. The predicted octanol–water partition coefficient (Wildman–Crippen LogP) is 5.96. The number of hydrogen-bond acceptors (Lipinski definition) is 2. The van der Waals surface area contributed by atoms with Crippen molar-refractivity contribution in [3.05, 3.63) is 71.8 Å². The van der Waals surface area contributed by atoms with Gasteiger partial charge in [-0.1, -0.05) is 85.1 Å². The quantitative estimate of drug-likeness (QED) is 0.357. The molecule has 2 nitrogen and oxygen atoms in total. The number of hydrogen-bond donors (Lipinski definition) is 0. The fraction of sp³-hybridized carbons (Fsp3) is 0.429. The minimum atomic E-state index is -1.66. The molecule has 2 aromatic carbocycles. The Bertz CT molecular complexity index is 928. The van der Waals surface area contributed by atoms with Gasteiger partial charge < -0.3 is 4.74 Å². The monoisotopic (exact) mass is 433 g/mol. The predicted molar refractivity (Wildman–Crippen MR) is 138 cm³/mol. The lowest BCUT2D eigenvalue weighted by atomic mass is 9.98. The van der Waals surface area contributed by atoms with E-state index in [0.29, 0.717) is 0 Å². The second-order valence-electron chi connectivity index (χ2n) is 9.88. The Morgan fingerprint density at radius 1 is 1.06 bits per heavy atom. The third-order valence-electron chi connectivity index (χ3n) is 5.24. The van der Waals surface area contributed by atoms with Gasteiger partial charge in [-0.25, -0.2) is 0 Å². The fourth-order valence-electron chi connectivity index (χ4n) is 3.49. The van der Waals surface area contributed by atoms with Gasteiger partial charge in [0.05, 0.1) is 6.23 Å². The smallest absolute Gasteiger partial charge is 0.124 e. The first-order valence-corrected chi connectivity index (χ1v) is 14.5. The van der Waals surface area contributed by atoms with Crippen molar-refractivity contribution >= 4 is 13.3 Å². The maximum Gasteiger partial charge on any atom is 0.124 e. The highest BCUT2D eigenvalue weighted by Gasteiger charge is 2.26. The van der Waals surface area contributed by atoms with Crippen LogP contribution in [0.3, 0.4) is 0 Å². The number of allylic oxidation sites excluding steroid dienone is 1. The van der Waals surface area contributed by atoms with Crippen molar-refractivity contribution in [1.82, 2.24) is 4.90 Å². The Morgan fingerprint density at radius 3 is 2.48 bits per heavy atom. The van der Waals surface area contributed by atoms with E-state index >= 15 is 0 Å². The molecule has 0 aliphatic carbocycles. The molecule has 2 aromatic rings. The first kappa shape index (κ1) is 25.0. The van der Waals surface area contributed by atoms with Gasteiger partial charge in [-0.2, -0.15) is 0 Å². The number of benzene rings is 2. The summed E-state index contributed by atoms with van der Waals surface area (Å²) in [5.74, 6) is 7.36. The van der Waals surface area contributed by atoms with E-state index in [4.69, 9.17) is 4.74 Å². The molecule has 0 saturated heterocycles. The van der Waals surface area contributed by atoms with Crippen molar-refractivity contribution in [3.63, 3.8) is 0 Å². The van der Waals surface area contributed by atoms with Crippen molar-refractivity contribution in [1.29, 1.82) is 0 Å². The van der Waals surface area contributed by atoms with Crippen LogP contribution < -0.4 is 9.92 Å². The maximum absolute atomic E-state index is 6.29. The molecule has 0 fully saturated rings. The summed E-state index contributed by atoms with van der Waals surface area (Å²) in [6, 6.07) is 17.3. The Balaban J connectivity index is 1.96. The van der Waals surface area contributed by atoms with Gasteiger partial charge >= 0.3 is 0 Å². The molecule has 3 heteroatoms. The zero-order valence-corrected chi connectivity index (χ0v) is 21.5. The molecule has 0 spiro atoms. The van der Waals surface area contributed by atoms with Gasteiger partial charge in [-0.3, -0.25) is 4.90 Å². The SMILES string of the molecule is CCN(C/C=C/C#CC(C)(C)C)Cc1cccc(OC[Si](C)(C)c2ccccc2C)c1. The molecular weight excluding hydrogens is 394 g/mol. The van der Waals surface area contributed by atoms with Crippen molar-refractivity contribution in [2.24, 2.45) is 5.41 Å². The van der Waals surface area contributed by atoms with Gasteiger partial charge in [0.1, 0.15) is 13.8 Å². The van der Waals surface area contributed by atoms with E-state index in [9.17, 15) is 0 Å². The summed E-state index contributed by atoms with van der Waals surface area (Å²) in [4.78, 5) is 2.40. The zero-order valence-electron chi connectivity index (χ0n) is 20.5. The number of rotatable bonds is 9. The van der Waals surface area contributed by atoms with Crippen LogP contribution in [0, 0.1) is 24.2 Å². The van der Waals surface area contributed by atoms with Crippen molar-refractivity contribution in [2.45, 2.75) is 54.3 Å². The summed E-state index contributed by atoms with van der Waals surface area (Å²) in [6.07, 6.45) is 4.92.